The molecule has 0 saturated carbocycles. The van der Waals surface area contributed by atoms with Gasteiger partial charge in [0.25, 0.3) is 0 Å². The molecule has 0 fully saturated rings. The lowest BCUT2D eigenvalue weighted by Gasteiger charge is -2.09. The molecule has 0 amide bonds. The van der Waals surface area contributed by atoms with Crippen LogP contribution in [0.15, 0.2) is 33.5 Å². The van der Waals surface area contributed by atoms with Gasteiger partial charge in [0.2, 0.25) is 0 Å². The Morgan fingerprint density at radius 3 is 3.12 bits per heavy atom. The van der Waals surface area contributed by atoms with Crippen LogP contribution in [0.1, 0.15) is 17.5 Å². The molecule has 0 N–H and O–H groups in total. The number of hydrogen-bond donors (Lipinski definition) is 0. The van der Waals surface area contributed by atoms with Gasteiger partial charge in [-0.25, -0.2) is 4.79 Å². The van der Waals surface area contributed by atoms with E-state index in [1.807, 2.05) is 12.1 Å². The van der Waals surface area contributed by atoms with Crippen molar-refractivity contribution >= 4 is 11.0 Å². The quantitative estimate of drug-likeness (QED) is 0.510. The Balaban J connectivity index is 2.27. The molecule has 84 valence electrons. The average molecular weight is 226 g/mol. The Morgan fingerprint density at radius 2 is 2.18 bits per heavy atom. The maximum atomic E-state index is 11.1. The summed E-state index contributed by atoms with van der Waals surface area (Å²) in [4.78, 5) is 11.1. The zero-order valence-electron chi connectivity index (χ0n) is 9.16. The van der Waals surface area contributed by atoms with E-state index >= 15 is 0 Å². The topological polar surface area (TPSA) is 39.4 Å². The monoisotopic (exact) mass is 226 g/mol. The molecule has 1 aliphatic rings. The first-order chi connectivity index (χ1) is 8.33. The average Bonchev–Trinajstić information content (AvgIpc) is 2.29. The molecule has 0 unspecified atom stereocenters. The smallest absolute Gasteiger partial charge is 0.336 e. The van der Waals surface area contributed by atoms with Crippen LogP contribution in [-0.4, -0.2) is 6.61 Å². The predicted molar refractivity (Wildman–Crippen MR) is 63.6 cm³/mol. The van der Waals surface area contributed by atoms with Gasteiger partial charge in [-0.05, 0) is 23.8 Å². The third-order valence-electron chi connectivity index (χ3n) is 2.70. The molecule has 0 atom stereocenters. The van der Waals surface area contributed by atoms with E-state index in [1.165, 1.54) is 6.07 Å². The third kappa shape index (κ3) is 1.95. The minimum absolute atomic E-state index is 0.340. The van der Waals surface area contributed by atoms with Gasteiger partial charge in [0.15, 0.2) is 0 Å². The first kappa shape index (κ1) is 10.1. The van der Waals surface area contributed by atoms with Gasteiger partial charge >= 0.3 is 5.63 Å². The second kappa shape index (κ2) is 4.08. The predicted octanol–water partition coefficient (Wildman–Crippen LogP) is 2.06. The van der Waals surface area contributed by atoms with E-state index < -0.39 is 0 Å². The van der Waals surface area contributed by atoms with Crippen molar-refractivity contribution in [1.82, 2.24) is 0 Å². The van der Waals surface area contributed by atoms with E-state index in [-0.39, 0.29) is 5.63 Å². The highest BCUT2D eigenvalue weighted by atomic mass is 16.5. The zero-order chi connectivity index (χ0) is 11.7. The van der Waals surface area contributed by atoms with Gasteiger partial charge < -0.3 is 9.15 Å². The molecule has 3 nitrogen and oxygen atoms in total. The summed E-state index contributed by atoms with van der Waals surface area (Å²) < 4.78 is 10.6. The van der Waals surface area contributed by atoms with E-state index in [2.05, 4.69) is 11.8 Å². The summed E-state index contributed by atoms with van der Waals surface area (Å²) in [5.41, 5.74) is 2.16. The third-order valence-corrected chi connectivity index (χ3v) is 2.70. The summed E-state index contributed by atoms with van der Waals surface area (Å²) >= 11 is 0. The van der Waals surface area contributed by atoms with Crippen molar-refractivity contribution in [2.45, 2.75) is 13.0 Å². The molecule has 0 bridgehead atoms. The van der Waals surface area contributed by atoms with Crippen LogP contribution in [0.5, 0.6) is 0 Å². The van der Waals surface area contributed by atoms with Crippen molar-refractivity contribution in [3.05, 3.63) is 45.8 Å². The van der Waals surface area contributed by atoms with Crippen LogP contribution < -0.4 is 5.63 Å². The Hall–Kier alpha value is -2.05. The first-order valence-corrected chi connectivity index (χ1v) is 5.46. The molecular formula is C14H10O3. The van der Waals surface area contributed by atoms with E-state index in [0.29, 0.717) is 18.8 Å². The maximum absolute atomic E-state index is 11.1. The molecule has 0 aliphatic carbocycles. The number of ether oxygens (including phenoxy) is 1. The zero-order valence-corrected chi connectivity index (χ0v) is 9.16. The summed E-state index contributed by atoms with van der Waals surface area (Å²) in [6.07, 6.45) is 0.732. The molecule has 0 spiro atoms. The molecule has 3 rings (SSSR count). The van der Waals surface area contributed by atoms with Crippen LogP contribution in [0.4, 0.5) is 0 Å². The van der Waals surface area contributed by atoms with Crippen molar-refractivity contribution in [1.29, 1.82) is 0 Å². The number of fused-ring (bicyclic) bond motifs is 2. The standard InChI is InChI=1S/C14H10O3/c15-14-5-4-11-7-12-9-16-6-2-1-3-10(12)8-13(11)17-14/h4-5,7-8H,2,6,9H2. The number of benzene rings is 1. The molecule has 3 heteroatoms. The second-order valence-corrected chi connectivity index (χ2v) is 3.91. The van der Waals surface area contributed by atoms with Crippen LogP contribution >= 0.6 is 0 Å². The van der Waals surface area contributed by atoms with Crippen LogP contribution in [0, 0.1) is 11.8 Å². The largest absolute Gasteiger partial charge is 0.423 e. The minimum Gasteiger partial charge on any atom is -0.423 e. The second-order valence-electron chi connectivity index (χ2n) is 3.91. The van der Waals surface area contributed by atoms with Crippen molar-refractivity contribution < 1.29 is 9.15 Å². The van der Waals surface area contributed by atoms with Gasteiger partial charge in [-0.1, -0.05) is 11.8 Å². The molecule has 0 saturated heterocycles. The fourth-order valence-corrected chi connectivity index (χ4v) is 1.86. The van der Waals surface area contributed by atoms with Crippen LogP contribution in [0.2, 0.25) is 0 Å². The SMILES string of the molecule is O=c1ccc2cc3c(cc2o1)C#CCCOC3. The lowest BCUT2D eigenvalue weighted by Crippen LogP contribution is -2.01. The molecule has 17 heavy (non-hydrogen) atoms. The van der Waals surface area contributed by atoms with E-state index in [0.717, 1.165) is 22.9 Å². The van der Waals surface area contributed by atoms with Gasteiger partial charge in [0.05, 0.1) is 13.2 Å². The molecule has 1 aromatic carbocycles. The minimum atomic E-state index is -0.340. The van der Waals surface area contributed by atoms with E-state index in [1.54, 1.807) is 6.07 Å². The number of rotatable bonds is 0. The summed E-state index contributed by atoms with van der Waals surface area (Å²) in [7, 11) is 0. The summed E-state index contributed by atoms with van der Waals surface area (Å²) in [6.45, 7) is 1.22. The molecule has 2 aromatic rings. The van der Waals surface area contributed by atoms with E-state index in [9.17, 15) is 4.79 Å². The fraction of sp³-hybridized carbons (Fsp3) is 0.214. The highest BCUT2D eigenvalue weighted by molar-refractivity contribution is 5.79. The molecular weight excluding hydrogens is 216 g/mol. The Kier molecular flexibility index (Phi) is 2.43. The summed E-state index contributed by atoms with van der Waals surface area (Å²) in [6, 6.07) is 6.96. The molecule has 0 radical (unpaired) electrons. The lowest BCUT2D eigenvalue weighted by atomic mass is 10.0. The fourth-order valence-electron chi connectivity index (χ4n) is 1.86. The van der Waals surface area contributed by atoms with Crippen LogP contribution in [0.25, 0.3) is 11.0 Å². The van der Waals surface area contributed by atoms with Gasteiger partial charge in [0.1, 0.15) is 5.58 Å². The number of hydrogen-bond acceptors (Lipinski definition) is 3. The van der Waals surface area contributed by atoms with Gasteiger partial charge in [-0.15, -0.1) is 0 Å². The Labute approximate surface area is 98.0 Å². The van der Waals surface area contributed by atoms with Gasteiger partial charge in [-0.2, -0.15) is 0 Å². The van der Waals surface area contributed by atoms with Crippen LogP contribution in [0.3, 0.4) is 0 Å². The van der Waals surface area contributed by atoms with Crippen molar-refractivity contribution in [2.75, 3.05) is 6.61 Å². The van der Waals surface area contributed by atoms with Crippen molar-refractivity contribution in [2.24, 2.45) is 0 Å². The van der Waals surface area contributed by atoms with Crippen LogP contribution in [-0.2, 0) is 11.3 Å². The Bertz CT molecular complexity index is 686. The molecule has 1 aromatic heterocycles. The maximum Gasteiger partial charge on any atom is 0.336 e. The molecule has 1 aliphatic heterocycles. The van der Waals surface area contributed by atoms with Crippen molar-refractivity contribution in [3.8, 4) is 11.8 Å². The summed E-state index contributed by atoms with van der Waals surface area (Å²) in [5, 5.41) is 0.898. The lowest BCUT2D eigenvalue weighted by molar-refractivity contribution is 0.126. The first-order valence-electron chi connectivity index (χ1n) is 5.46. The summed E-state index contributed by atoms with van der Waals surface area (Å²) in [5.74, 6) is 6.11. The highest BCUT2D eigenvalue weighted by Gasteiger charge is 2.07. The molecule has 2 heterocycles. The normalized spacial score (nSPS) is 14.4. The van der Waals surface area contributed by atoms with Crippen molar-refractivity contribution in [3.63, 3.8) is 0 Å². The van der Waals surface area contributed by atoms with Gasteiger partial charge in [-0.3, -0.25) is 0 Å². The highest BCUT2D eigenvalue weighted by Crippen LogP contribution is 2.20. The van der Waals surface area contributed by atoms with Gasteiger partial charge in [0, 0.05) is 23.4 Å². The van der Waals surface area contributed by atoms with E-state index in [4.69, 9.17) is 9.15 Å². The Morgan fingerprint density at radius 1 is 1.24 bits per heavy atom.